The number of rotatable bonds is 3. The summed E-state index contributed by atoms with van der Waals surface area (Å²) in [5.41, 5.74) is 2.33. The lowest BCUT2D eigenvalue weighted by atomic mass is 10.0. The number of benzene rings is 1. The molecular weight excluding hydrogens is 497 g/mol. The van der Waals surface area contributed by atoms with Gasteiger partial charge in [-0.1, -0.05) is 0 Å². The maximum atomic E-state index is 12.4. The largest absolute Gasteiger partial charge is 0.444 e. The van der Waals surface area contributed by atoms with E-state index in [0.717, 1.165) is 22.0 Å². The first-order chi connectivity index (χ1) is 14.2. The van der Waals surface area contributed by atoms with Gasteiger partial charge in [0, 0.05) is 32.4 Å². The van der Waals surface area contributed by atoms with Gasteiger partial charge in [0.25, 0.3) is 5.91 Å². The van der Waals surface area contributed by atoms with E-state index in [9.17, 15) is 9.59 Å². The van der Waals surface area contributed by atoms with Gasteiger partial charge in [0.2, 0.25) is 5.88 Å². The van der Waals surface area contributed by atoms with Crippen LogP contribution in [0.4, 0.5) is 4.79 Å². The van der Waals surface area contributed by atoms with E-state index in [1.54, 1.807) is 24.1 Å². The van der Waals surface area contributed by atoms with E-state index in [1.165, 1.54) is 11.8 Å². The van der Waals surface area contributed by atoms with Gasteiger partial charge >= 0.3 is 6.09 Å². The molecule has 1 aliphatic rings. The molecule has 1 N–H and O–H groups in total. The van der Waals surface area contributed by atoms with Gasteiger partial charge in [0.05, 0.1) is 9.13 Å². The minimum absolute atomic E-state index is 0.191. The van der Waals surface area contributed by atoms with Crippen molar-refractivity contribution in [3.05, 3.63) is 50.7 Å². The Morgan fingerprint density at radius 3 is 2.37 bits per heavy atom. The van der Waals surface area contributed by atoms with Crippen molar-refractivity contribution in [3.63, 3.8) is 0 Å². The molecule has 8 heteroatoms. The van der Waals surface area contributed by atoms with Crippen LogP contribution < -0.4 is 10.1 Å². The highest BCUT2D eigenvalue weighted by Crippen LogP contribution is 2.31. The van der Waals surface area contributed by atoms with Crippen molar-refractivity contribution in [1.29, 1.82) is 0 Å². The first-order valence-corrected chi connectivity index (χ1v) is 10.9. The minimum atomic E-state index is -0.507. The normalized spacial score (nSPS) is 13.8. The molecule has 1 aliphatic heterocycles. The predicted molar refractivity (Wildman–Crippen MR) is 122 cm³/mol. The summed E-state index contributed by atoms with van der Waals surface area (Å²) in [5, 5.41) is 2.57. The number of hydrogen-bond acceptors (Lipinski definition) is 5. The topological polar surface area (TPSA) is 80.8 Å². The number of ether oxygens (including phenoxy) is 2. The minimum Gasteiger partial charge on any atom is -0.444 e. The zero-order valence-corrected chi connectivity index (χ0v) is 19.8. The number of nitrogens with one attached hydrogen (secondary N) is 1. The molecule has 1 aromatic heterocycles. The Hall–Kier alpha value is -2.36. The molecule has 0 spiro atoms. The van der Waals surface area contributed by atoms with E-state index < -0.39 is 5.60 Å². The van der Waals surface area contributed by atoms with Crippen LogP contribution in [0.5, 0.6) is 11.6 Å². The fraction of sp³-hybridized carbons (Fsp3) is 0.409. The molecule has 0 atom stereocenters. The Labute approximate surface area is 190 Å². The summed E-state index contributed by atoms with van der Waals surface area (Å²) in [6, 6.07) is 7.47. The Balaban J connectivity index is 1.73. The molecule has 0 aliphatic carbocycles. The lowest BCUT2D eigenvalue weighted by molar-refractivity contribution is 0.0258. The molecule has 160 valence electrons. The van der Waals surface area contributed by atoms with E-state index in [-0.39, 0.29) is 12.0 Å². The fourth-order valence-corrected chi connectivity index (χ4v) is 3.79. The Kier molecular flexibility index (Phi) is 6.84. The maximum absolute atomic E-state index is 12.4. The van der Waals surface area contributed by atoms with Gasteiger partial charge in [-0.2, -0.15) is 0 Å². The number of carbonyl (C=O) groups excluding carboxylic acids is 2. The first kappa shape index (κ1) is 22.3. The van der Waals surface area contributed by atoms with E-state index >= 15 is 0 Å². The highest BCUT2D eigenvalue weighted by Gasteiger charge is 2.25. The van der Waals surface area contributed by atoms with Crippen LogP contribution in [0.2, 0.25) is 0 Å². The van der Waals surface area contributed by atoms with Crippen LogP contribution in [0, 0.1) is 3.57 Å². The molecule has 0 unspecified atom stereocenters. The molecule has 0 fully saturated rings. The number of carbonyl (C=O) groups is 2. The van der Waals surface area contributed by atoms with Crippen LogP contribution in [-0.2, 0) is 17.6 Å². The molecule has 1 aromatic carbocycles. The number of pyridine rings is 1. The molecule has 2 heterocycles. The summed E-state index contributed by atoms with van der Waals surface area (Å²) in [6.45, 7) is 6.85. The summed E-state index contributed by atoms with van der Waals surface area (Å²) >= 11 is 2.24. The average Bonchev–Trinajstić information content (AvgIpc) is 2.89. The molecule has 30 heavy (non-hydrogen) atoms. The molecule has 7 nitrogen and oxygen atoms in total. The van der Waals surface area contributed by atoms with Gasteiger partial charge in [-0.05, 0) is 85.5 Å². The zero-order valence-electron chi connectivity index (χ0n) is 17.6. The highest BCUT2D eigenvalue weighted by atomic mass is 127. The fourth-order valence-electron chi connectivity index (χ4n) is 3.14. The average molecular weight is 523 g/mol. The first-order valence-electron chi connectivity index (χ1n) is 9.81. The summed E-state index contributed by atoms with van der Waals surface area (Å²) in [5.74, 6) is 0.938. The zero-order chi connectivity index (χ0) is 21.9. The second kappa shape index (κ2) is 9.20. The standard InChI is InChI=1S/C22H26IN3O4/c1-22(2,3)30-21(28)26-9-7-14-11-17(23)18(12-15(14)8-10-26)29-19-6-5-16(13-25-19)20(27)24-4/h5-6,11-13H,7-10H2,1-4H3,(H,24,27). The van der Waals surface area contributed by atoms with Crippen molar-refractivity contribution in [2.45, 2.75) is 39.2 Å². The number of aromatic nitrogens is 1. The molecule has 0 bridgehead atoms. The summed E-state index contributed by atoms with van der Waals surface area (Å²) in [4.78, 5) is 30.1. The number of hydrogen-bond donors (Lipinski definition) is 1. The summed E-state index contributed by atoms with van der Waals surface area (Å²) in [6.07, 6.45) is 2.71. The van der Waals surface area contributed by atoms with Crippen molar-refractivity contribution in [3.8, 4) is 11.6 Å². The molecule has 0 radical (unpaired) electrons. The van der Waals surface area contributed by atoms with E-state index in [1.807, 2.05) is 26.8 Å². The van der Waals surface area contributed by atoms with Crippen molar-refractivity contribution < 1.29 is 19.1 Å². The maximum Gasteiger partial charge on any atom is 0.410 e. The second-order valence-electron chi connectivity index (χ2n) is 8.09. The Morgan fingerprint density at radius 1 is 1.13 bits per heavy atom. The highest BCUT2D eigenvalue weighted by molar-refractivity contribution is 14.1. The third kappa shape index (κ3) is 5.62. The predicted octanol–water partition coefficient (Wildman–Crippen LogP) is 4.17. The van der Waals surface area contributed by atoms with Crippen molar-refractivity contribution in [2.75, 3.05) is 20.1 Å². The van der Waals surface area contributed by atoms with Gasteiger partial charge < -0.3 is 19.7 Å². The third-order valence-corrected chi connectivity index (χ3v) is 5.49. The molecule has 0 saturated heterocycles. The van der Waals surface area contributed by atoms with Crippen LogP contribution in [0.3, 0.4) is 0 Å². The quantitative estimate of drug-likeness (QED) is 0.611. The van der Waals surface area contributed by atoms with Crippen molar-refractivity contribution in [1.82, 2.24) is 15.2 Å². The lowest BCUT2D eigenvalue weighted by Crippen LogP contribution is -2.38. The summed E-state index contributed by atoms with van der Waals surface area (Å²) in [7, 11) is 1.58. The smallest absolute Gasteiger partial charge is 0.410 e. The van der Waals surface area contributed by atoms with Crippen molar-refractivity contribution in [2.24, 2.45) is 0 Å². The van der Waals surface area contributed by atoms with Crippen LogP contribution >= 0.6 is 22.6 Å². The third-order valence-electron chi connectivity index (χ3n) is 4.65. The van der Waals surface area contributed by atoms with Crippen LogP contribution in [0.1, 0.15) is 42.3 Å². The van der Waals surface area contributed by atoms with E-state index in [0.29, 0.717) is 30.3 Å². The van der Waals surface area contributed by atoms with Gasteiger partial charge in [-0.3, -0.25) is 4.79 Å². The van der Waals surface area contributed by atoms with E-state index in [2.05, 4.69) is 39.0 Å². The number of halogens is 1. The molecule has 2 amide bonds. The van der Waals surface area contributed by atoms with Gasteiger partial charge in [0.15, 0.2) is 0 Å². The molecular formula is C22H26IN3O4. The lowest BCUT2D eigenvalue weighted by Gasteiger charge is -2.26. The van der Waals surface area contributed by atoms with Gasteiger partial charge in [-0.15, -0.1) is 0 Å². The van der Waals surface area contributed by atoms with E-state index in [4.69, 9.17) is 9.47 Å². The van der Waals surface area contributed by atoms with Crippen LogP contribution in [0.25, 0.3) is 0 Å². The number of fused-ring (bicyclic) bond motifs is 1. The Bertz CT molecular complexity index is 939. The summed E-state index contributed by atoms with van der Waals surface area (Å²) < 4.78 is 12.5. The number of amides is 2. The van der Waals surface area contributed by atoms with Gasteiger partial charge in [0.1, 0.15) is 11.4 Å². The molecule has 0 saturated carbocycles. The molecule has 3 rings (SSSR count). The van der Waals surface area contributed by atoms with Crippen LogP contribution in [-0.4, -0.2) is 47.6 Å². The van der Waals surface area contributed by atoms with Gasteiger partial charge in [-0.25, -0.2) is 9.78 Å². The monoisotopic (exact) mass is 523 g/mol. The number of nitrogens with zero attached hydrogens (tertiary/aromatic N) is 2. The SMILES string of the molecule is CNC(=O)c1ccc(Oc2cc3c(cc2I)CCN(C(=O)OC(C)(C)C)CC3)nc1. The Morgan fingerprint density at radius 2 is 1.80 bits per heavy atom. The second-order valence-corrected chi connectivity index (χ2v) is 9.25. The van der Waals surface area contributed by atoms with Crippen molar-refractivity contribution >= 4 is 34.6 Å². The van der Waals surface area contributed by atoms with Crippen LogP contribution in [0.15, 0.2) is 30.5 Å². The molecule has 2 aromatic rings.